The number of ether oxygens (including phenoxy) is 1. The van der Waals surface area contributed by atoms with Gasteiger partial charge >= 0.3 is 6.09 Å². The van der Waals surface area contributed by atoms with Crippen molar-refractivity contribution in [2.24, 2.45) is 0 Å². The Morgan fingerprint density at radius 1 is 1.50 bits per heavy atom. The largest absolute Gasteiger partial charge is 0.449 e. The van der Waals surface area contributed by atoms with Crippen molar-refractivity contribution in [1.82, 2.24) is 5.32 Å². The standard InChI is InChI=1S/C10H9ClFNO2.ClH/c11-9-6(2-1-3-7(9)12)8-4-5-15-10(14)13-8;/h1-3,8H,4-5H2,(H,13,14);1H/t8-;/m1./s1. The van der Waals surface area contributed by atoms with Gasteiger partial charge in [-0.15, -0.1) is 12.4 Å². The molecule has 0 spiro atoms. The third kappa shape index (κ3) is 2.57. The van der Waals surface area contributed by atoms with Crippen LogP contribution in [-0.4, -0.2) is 12.7 Å². The first-order valence-corrected chi connectivity index (χ1v) is 4.93. The number of hydrogen-bond acceptors (Lipinski definition) is 2. The molecule has 1 saturated heterocycles. The highest BCUT2D eigenvalue weighted by molar-refractivity contribution is 6.31. The summed E-state index contributed by atoms with van der Waals surface area (Å²) in [6, 6.07) is 4.28. The van der Waals surface area contributed by atoms with E-state index in [1.54, 1.807) is 12.1 Å². The van der Waals surface area contributed by atoms with E-state index in [0.717, 1.165) is 0 Å². The summed E-state index contributed by atoms with van der Waals surface area (Å²) in [5, 5.41) is 2.65. The van der Waals surface area contributed by atoms with Crippen molar-refractivity contribution in [3.63, 3.8) is 0 Å². The summed E-state index contributed by atoms with van der Waals surface area (Å²) in [5.74, 6) is -0.477. The molecular formula is C10H10Cl2FNO2. The van der Waals surface area contributed by atoms with Crippen molar-refractivity contribution in [3.8, 4) is 0 Å². The number of cyclic esters (lactones) is 1. The Bertz CT molecular complexity index is 400. The molecule has 3 nitrogen and oxygen atoms in total. The summed E-state index contributed by atoms with van der Waals surface area (Å²) in [7, 11) is 0. The minimum absolute atomic E-state index is 0. The Kier molecular flexibility index (Phi) is 4.38. The van der Waals surface area contributed by atoms with E-state index in [-0.39, 0.29) is 23.5 Å². The van der Waals surface area contributed by atoms with E-state index in [2.05, 4.69) is 5.32 Å². The van der Waals surface area contributed by atoms with E-state index >= 15 is 0 Å². The molecule has 1 aliphatic rings. The smallest absolute Gasteiger partial charge is 0.407 e. The maximum Gasteiger partial charge on any atom is 0.407 e. The molecule has 2 rings (SSSR count). The van der Waals surface area contributed by atoms with Crippen LogP contribution in [0.15, 0.2) is 18.2 Å². The van der Waals surface area contributed by atoms with Crippen molar-refractivity contribution in [3.05, 3.63) is 34.6 Å². The first-order valence-electron chi connectivity index (χ1n) is 4.55. The minimum Gasteiger partial charge on any atom is -0.449 e. The third-order valence-electron chi connectivity index (χ3n) is 2.29. The molecule has 0 aromatic heterocycles. The van der Waals surface area contributed by atoms with Gasteiger partial charge in [0.25, 0.3) is 0 Å². The van der Waals surface area contributed by atoms with Gasteiger partial charge in [0, 0.05) is 6.42 Å². The van der Waals surface area contributed by atoms with Crippen LogP contribution >= 0.6 is 24.0 Å². The molecule has 1 aromatic carbocycles. The lowest BCUT2D eigenvalue weighted by molar-refractivity contribution is 0.115. The van der Waals surface area contributed by atoms with Crippen LogP contribution in [0.25, 0.3) is 0 Å². The van der Waals surface area contributed by atoms with Gasteiger partial charge < -0.3 is 10.1 Å². The van der Waals surface area contributed by atoms with E-state index in [1.165, 1.54) is 6.07 Å². The van der Waals surface area contributed by atoms with Gasteiger partial charge in [0.15, 0.2) is 0 Å². The Morgan fingerprint density at radius 3 is 2.94 bits per heavy atom. The van der Waals surface area contributed by atoms with Crippen LogP contribution in [0.5, 0.6) is 0 Å². The van der Waals surface area contributed by atoms with Crippen LogP contribution in [0.2, 0.25) is 5.02 Å². The van der Waals surface area contributed by atoms with Crippen molar-refractivity contribution in [2.45, 2.75) is 12.5 Å². The average Bonchev–Trinajstić information content (AvgIpc) is 2.22. The lowest BCUT2D eigenvalue weighted by atomic mass is 10.0. The summed E-state index contributed by atoms with van der Waals surface area (Å²) in [4.78, 5) is 11.0. The van der Waals surface area contributed by atoms with Gasteiger partial charge in [-0.25, -0.2) is 9.18 Å². The molecule has 0 aliphatic carbocycles. The fourth-order valence-electron chi connectivity index (χ4n) is 1.55. The van der Waals surface area contributed by atoms with E-state index in [0.29, 0.717) is 18.6 Å². The Balaban J connectivity index is 0.00000128. The highest BCUT2D eigenvalue weighted by Gasteiger charge is 2.23. The zero-order valence-corrected chi connectivity index (χ0v) is 9.78. The summed E-state index contributed by atoms with van der Waals surface area (Å²) in [5.41, 5.74) is 0.591. The second-order valence-corrected chi connectivity index (χ2v) is 3.64. The van der Waals surface area contributed by atoms with Gasteiger partial charge in [-0.1, -0.05) is 23.7 Å². The molecule has 1 atom stereocenters. The lowest BCUT2D eigenvalue weighted by Gasteiger charge is -2.24. The van der Waals surface area contributed by atoms with Crippen molar-refractivity contribution in [2.75, 3.05) is 6.61 Å². The van der Waals surface area contributed by atoms with Crippen LogP contribution < -0.4 is 5.32 Å². The molecule has 16 heavy (non-hydrogen) atoms. The minimum atomic E-state index is -0.494. The van der Waals surface area contributed by atoms with Gasteiger partial charge in [-0.3, -0.25) is 0 Å². The molecule has 1 fully saturated rings. The maximum atomic E-state index is 13.2. The number of rotatable bonds is 1. The maximum absolute atomic E-state index is 13.2. The number of alkyl carbamates (subject to hydrolysis) is 1. The molecule has 1 aromatic rings. The molecule has 1 N–H and O–H groups in total. The second-order valence-electron chi connectivity index (χ2n) is 3.26. The number of halogens is 3. The zero-order chi connectivity index (χ0) is 10.8. The number of carbonyl (C=O) groups is 1. The van der Waals surface area contributed by atoms with Crippen molar-refractivity contribution < 1.29 is 13.9 Å². The summed E-state index contributed by atoms with van der Waals surface area (Å²) >= 11 is 5.81. The normalized spacial score (nSPS) is 19.4. The number of amides is 1. The molecule has 1 amide bonds. The topological polar surface area (TPSA) is 38.3 Å². The number of benzene rings is 1. The zero-order valence-electron chi connectivity index (χ0n) is 8.20. The molecule has 6 heteroatoms. The molecule has 0 radical (unpaired) electrons. The highest BCUT2D eigenvalue weighted by Crippen LogP contribution is 2.28. The number of carbonyl (C=O) groups excluding carboxylic acids is 1. The molecule has 0 unspecified atom stereocenters. The van der Waals surface area contributed by atoms with E-state index in [9.17, 15) is 9.18 Å². The molecule has 0 saturated carbocycles. The van der Waals surface area contributed by atoms with Crippen molar-refractivity contribution in [1.29, 1.82) is 0 Å². The quantitative estimate of drug-likeness (QED) is 0.848. The average molecular weight is 266 g/mol. The van der Waals surface area contributed by atoms with Crippen LogP contribution in [0.3, 0.4) is 0 Å². The predicted octanol–water partition coefficient (Wildman–Crippen LogP) is 3.07. The molecule has 88 valence electrons. The third-order valence-corrected chi connectivity index (χ3v) is 2.69. The monoisotopic (exact) mass is 265 g/mol. The predicted molar refractivity (Wildman–Crippen MR) is 60.5 cm³/mol. The molecule has 1 aliphatic heterocycles. The SMILES string of the molecule is Cl.O=C1N[C@@H](c2cccc(F)c2Cl)CCO1. The Morgan fingerprint density at radius 2 is 2.25 bits per heavy atom. The number of hydrogen-bond donors (Lipinski definition) is 1. The lowest BCUT2D eigenvalue weighted by Crippen LogP contribution is -2.35. The summed E-state index contributed by atoms with van der Waals surface area (Å²) in [6.07, 6.45) is 0.0983. The van der Waals surface area contributed by atoms with Gasteiger partial charge in [-0.05, 0) is 11.6 Å². The van der Waals surface area contributed by atoms with Gasteiger partial charge in [0.05, 0.1) is 17.7 Å². The van der Waals surface area contributed by atoms with E-state index in [1.807, 2.05) is 0 Å². The summed E-state index contributed by atoms with van der Waals surface area (Å²) < 4.78 is 17.9. The Hall–Kier alpha value is -1.000. The fraction of sp³-hybridized carbons (Fsp3) is 0.300. The van der Waals surface area contributed by atoms with Gasteiger partial charge in [0.2, 0.25) is 0 Å². The van der Waals surface area contributed by atoms with Gasteiger partial charge in [-0.2, -0.15) is 0 Å². The molecule has 1 heterocycles. The highest BCUT2D eigenvalue weighted by atomic mass is 35.5. The number of nitrogens with one attached hydrogen (secondary N) is 1. The Labute approximate surface area is 103 Å². The second kappa shape index (κ2) is 5.37. The first kappa shape index (κ1) is 13.1. The summed E-state index contributed by atoms with van der Waals surface area (Å²) in [6.45, 7) is 0.323. The fourth-order valence-corrected chi connectivity index (χ4v) is 1.81. The molecular weight excluding hydrogens is 256 g/mol. The van der Waals surface area contributed by atoms with E-state index < -0.39 is 11.9 Å². The molecule has 0 bridgehead atoms. The van der Waals surface area contributed by atoms with Crippen LogP contribution in [-0.2, 0) is 4.74 Å². The first-order chi connectivity index (χ1) is 7.18. The van der Waals surface area contributed by atoms with E-state index in [4.69, 9.17) is 16.3 Å². The van der Waals surface area contributed by atoms with Crippen LogP contribution in [0, 0.1) is 5.82 Å². The van der Waals surface area contributed by atoms with Crippen LogP contribution in [0.4, 0.5) is 9.18 Å². The van der Waals surface area contributed by atoms with Crippen LogP contribution in [0.1, 0.15) is 18.0 Å². The van der Waals surface area contributed by atoms with Gasteiger partial charge in [0.1, 0.15) is 5.82 Å². The van der Waals surface area contributed by atoms with Crippen molar-refractivity contribution >= 4 is 30.1 Å².